The number of benzene rings is 2. The first kappa shape index (κ1) is 18.5. The van der Waals surface area contributed by atoms with Crippen LogP contribution in [0.15, 0.2) is 48.5 Å². The van der Waals surface area contributed by atoms with Crippen LogP contribution in [0.1, 0.15) is 24.4 Å². The van der Waals surface area contributed by atoms with E-state index in [1.165, 1.54) is 11.8 Å². The Kier molecular flexibility index (Phi) is 5.96. The standard InChI is InChI=1S/C20H19NO3S2/c1-13(2)24-15-9-7-14(8-10-15)11-18(25-12-19(22)23)20-21-16-5-3-4-6-17(16)26-20/h3-11,13H,12H2,1-2H3,(H,22,23). The molecule has 0 saturated heterocycles. The van der Waals surface area contributed by atoms with Gasteiger partial charge in [0.15, 0.2) is 0 Å². The molecule has 134 valence electrons. The second-order valence-electron chi connectivity index (χ2n) is 5.91. The molecule has 0 saturated carbocycles. The SMILES string of the molecule is CC(C)Oc1ccc(C=C(SCC(=O)O)c2nc3ccccc3s2)cc1. The molecule has 6 heteroatoms. The Bertz CT molecular complexity index is 897. The fraction of sp³-hybridized carbons (Fsp3) is 0.200. The van der Waals surface area contributed by atoms with E-state index in [0.717, 1.165) is 31.4 Å². The number of hydrogen-bond donors (Lipinski definition) is 1. The van der Waals surface area contributed by atoms with Gasteiger partial charge in [-0.1, -0.05) is 24.3 Å². The fourth-order valence-corrected chi connectivity index (χ4v) is 4.19. The summed E-state index contributed by atoms with van der Waals surface area (Å²) in [5.41, 5.74) is 1.91. The van der Waals surface area contributed by atoms with Crippen LogP contribution in [0.25, 0.3) is 21.2 Å². The lowest BCUT2D eigenvalue weighted by Gasteiger charge is -2.09. The lowest BCUT2D eigenvalue weighted by atomic mass is 10.2. The minimum absolute atomic E-state index is 0.00367. The van der Waals surface area contributed by atoms with Crippen LogP contribution in [0.3, 0.4) is 0 Å². The maximum Gasteiger partial charge on any atom is 0.313 e. The van der Waals surface area contributed by atoms with Gasteiger partial charge in [0.25, 0.3) is 0 Å². The lowest BCUT2D eigenvalue weighted by molar-refractivity contribution is -0.133. The predicted octanol–water partition coefficient (Wildman–Crippen LogP) is 5.40. The number of aromatic nitrogens is 1. The van der Waals surface area contributed by atoms with Crippen LogP contribution in [0.4, 0.5) is 0 Å². The Hall–Kier alpha value is -2.31. The molecular weight excluding hydrogens is 366 g/mol. The van der Waals surface area contributed by atoms with Gasteiger partial charge in [-0.2, -0.15) is 0 Å². The first-order valence-electron chi connectivity index (χ1n) is 8.20. The normalized spacial score (nSPS) is 11.9. The van der Waals surface area contributed by atoms with E-state index < -0.39 is 5.97 Å². The Balaban J connectivity index is 1.92. The Morgan fingerprint density at radius 2 is 1.96 bits per heavy atom. The topological polar surface area (TPSA) is 59.4 Å². The lowest BCUT2D eigenvalue weighted by Crippen LogP contribution is -2.05. The third-order valence-electron chi connectivity index (χ3n) is 3.41. The number of carbonyl (C=O) groups is 1. The van der Waals surface area contributed by atoms with Gasteiger partial charge in [0.05, 0.1) is 22.1 Å². The molecule has 4 nitrogen and oxygen atoms in total. The minimum Gasteiger partial charge on any atom is -0.491 e. The summed E-state index contributed by atoms with van der Waals surface area (Å²) < 4.78 is 6.75. The molecule has 0 aliphatic rings. The molecule has 0 amide bonds. The number of thioether (sulfide) groups is 1. The van der Waals surface area contributed by atoms with Crippen molar-refractivity contribution in [2.24, 2.45) is 0 Å². The molecule has 0 atom stereocenters. The molecule has 0 aliphatic heterocycles. The van der Waals surface area contributed by atoms with Gasteiger partial charge >= 0.3 is 5.97 Å². The summed E-state index contributed by atoms with van der Waals surface area (Å²) in [6.45, 7) is 3.98. The highest BCUT2D eigenvalue weighted by atomic mass is 32.2. The quantitative estimate of drug-likeness (QED) is 0.590. The molecule has 1 N–H and O–H groups in total. The second-order valence-corrected chi connectivity index (χ2v) is 7.96. The van der Waals surface area contributed by atoms with Crippen molar-refractivity contribution in [1.82, 2.24) is 4.98 Å². The first-order chi connectivity index (χ1) is 12.5. The zero-order valence-electron chi connectivity index (χ0n) is 14.5. The number of ether oxygens (including phenoxy) is 1. The van der Waals surface area contributed by atoms with Gasteiger partial charge in [-0.05, 0) is 49.8 Å². The summed E-state index contributed by atoms with van der Waals surface area (Å²) in [5, 5.41) is 9.89. The number of aliphatic carboxylic acids is 1. The van der Waals surface area contributed by atoms with Gasteiger partial charge in [-0.3, -0.25) is 4.79 Å². The molecule has 1 aromatic heterocycles. The minimum atomic E-state index is -0.845. The Labute approximate surface area is 160 Å². The van der Waals surface area contributed by atoms with Crippen molar-refractivity contribution in [1.29, 1.82) is 0 Å². The average molecular weight is 386 g/mol. The van der Waals surface area contributed by atoms with Crippen LogP contribution in [0.2, 0.25) is 0 Å². The smallest absolute Gasteiger partial charge is 0.313 e. The Morgan fingerprint density at radius 1 is 1.23 bits per heavy atom. The number of hydrogen-bond acceptors (Lipinski definition) is 5. The van der Waals surface area contributed by atoms with E-state index in [-0.39, 0.29) is 11.9 Å². The van der Waals surface area contributed by atoms with Gasteiger partial charge in [-0.15, -0.1) is 23.1 Å². The van der Waals surface area contributed by atoms with Crippen molar-refractivity contribution >= 4 is 50.3 Å². The van der Waals surface area contributed by atoms with Gasteiger partial charge in [0.2, 0.25) is 0 Å². The molecule has 0 fully saturated rings. The number of thiazole rings is 1. The third-order valence-corrected chi connectivity index (χ3v) is 5.62. The number of para-hydroxylation sites is 1. The summed E-state index contributed by atoms with van der Waals surface area (Å²) in [4.78, 5) is 16.5. The third kappa shape index (κ3) is 4.86. The highest BCUT2D eigenvalue weighted by Gasteiger charge is 2.12. The maximum absolute atomic E-state index is 11.0. The van der Waals surface area contributed by atoms with Crippen LogP contribution in [0.5, 0.6) is 5.75 Å². The van der Waals surface area contributed by atoms with Crippen LogP contribution < -0.4 is 4.74 Å². The molecule has 26 heavy (non-hydrogen) atoms. The molecule has 3 aromatic rings. The van der Waals surface area contributed by atoms with Crippen molar-refractivity contribution in [3.63, 3.8) is 0 Å². The van der Waals surface area contributed by atoms with E-state index in [1.807, 2.05) is 68.5 Å². The number of carboxylic acids is 1. The number of nitrogens with zero attached hydrogens (tertiary/aromatic N) is 1. The zero-order valence-corrected chi connectivity index (χ0v) is 16.1. The van der Waals surface area contributed by atoms with E-state index in [2.05, 4.69) is 4.98 Å². The number of fused-ring (bicyclic) bond motifs is 1. The second kappa shape index (κ2) is 8.38. The largest absolute Gasteiger partial charge is 0.491 e. The Morgan fingerprint density at radius 3 is 2.62 bits per heavy atom. The fourth-order valence-electron chi connectivity index (χ4n) is 2.35. The van der Waals surface area contributed by atoms with E-state index in [9.17, 15) is 4.79 Å². The van der Waals surface area contributed by atoms with Crippen molar-refractivity contribution in [3.8, 4) is 5.75 Å². The highest BCUT2D eigenvalue weighted by molar-refractivity contribution is 8.09. The molecule has 0 bridgehead atoms. The molecule has 0 aliphatic carbocycles. The average Bonchev–Trinajstić information content (AvgIpc) is 3.03. The molecule has 3 rings (SSSR count). The van der Waals surface area contributed by atoms with Crippen LogP contribution in [-0.2, 0) is 4.79 Å². The maximum atomic E-state index is 11.0. The summed E-state index contributed by atoms with van der Waals surface area (Å²) in [5.74, 6) is -0.0318. The number of carboxylic acid groups (broad SMARTS) is 1. The summed E-state index contributed by atoms with van der Waals surface area (Å²) >= 11 is 2.86. The number of rotatable bonds is 7. The van der Waals surface area contributed by atoms with E-state index in [4.69, 9.17) is 9.84 Å². The summed E-state index contributed by atoms with van der Waals surface area (Å²) in [7, 11) is 0. The van der Waals surface area contributed by atoms with E-state index >= 15 is 0 Å². The molecule has 0 spiro atoms. The van der Waals surface area contributed by atoms with Crippen molar-refractivity contribution < 1.29 is 14.6 Å². The van der Waals surface area contributed by atoms with E-state index in [0.29, 0.717) is 0 Å². The van der Waals surface area contributed by atoms with Gasteiger partial charge in [0.1, 0.15) is 10.8 Å². The zero-order chi connectivity index (χ0) is 18.5. The van der Waals surface area contributed by atoms with Crippen LogP contribution >= 0.6 is 23.1 Å². The van der Waals surface area contributed by atoms with Crippen molar-refractivity contribution in [2.75, 3.05) is 5.75 Å². The predicted molar refractivity (Wildman–Crippen MR) is 110 cm³/mol. The van der Waals surface area contributed by atoms with Crippen molar-refractivity contribution in [2.45, 2.75) is 20.0 Å². The highest BCUT2D eigenvalue weighted by Crippen LogP contribution is 2.35. The molecular formula is C20H19NO3S2. The monoisotopic (exact) mass is 385 g/mol. The van der Waals surface area contributed by atoms with Crippen LogP contribution in [0, 0.1) is 0 Å². The molecule has 2 aromatic carbocycles. The summed E-state index contributed by atoms with van der Waals surface area (Å²) in [6.07, 6.45) is 2.10. The van der Waals surface area contributed by atoms with E-state index in [1.54, 1.807) is 11.3 Å². The van der Waals surface area contributed by atoms with Crippen molar-refractivity contribution in [3.05, 3.63) is 59.1 Å². The molecule has 1 heterocycles. The van der Waals surface area contributed by atoms with Gasteiger partial charge in [-0.25, -0.2) is 4.98 Å². The molecule has 0 unspecified atom stereocenters. The van der Waals surface area contributed by atoms with Gasteiger partial charge < -0.3 is 9.84 Å². The summed E-state index contributed by atoms with van der Waals surface area (Å²) in [6, 6.07) is 15.7. The molecule has 0 radical (unpaired) electrons. The first-order valence-corrected chi connectivity index (χ1v) is 10.0. The van der Waals surface area contributed by atoms with Gasteiger partial charge in [0, 0.05) is 4.91 Å². The van der Waals surface area contributed by atoms with Crippen LogP contribution in [-0.4, -0.2) is 27.9 Å².